The molecule has 2 unspecified atom stereocenters. The van der Waals surface area contributed by atoms with Gasteiger partial charge in [-0.2, -0.15) is 8.78 Å². The van der Waals surface area contributed by atoms with E-state index in [0.717, 1.165) is 6.42 Å². The van der Waals surface area contributed by atoms with E-state index in [1.165, 1.54) is 0 Å². The predicted octanol–water partition coefficient (Wildman–Crippen LogP) is 2.61. The van der Waals surface area contributed by atoms with Gasteiger partial charge in [0.2, 0.25) is 0 Å². The first kappa shape index (κ1) is 13.8. The van der Waals surface area contributed by atoms with Crippen molar-refractivity contribution in [1.82, 2.24) is 0 Å². The minimum absolute atomic E-state index is 0.172. The maximum atomic E-state index is 13.1. The van der Waals surface area contributed by atoms with E-state index in [2.05, 4.69) is 0 Å². The zero-order chi connectivity index (χ0) is 14.8. The molecule has 0 aromatic rings. The molecule has 1 N–H and O–H groups in total. The van der Waals surface area contributed by atoms with Crippen LogP contribution in [-0.2, 0) is 14.3 Å². The lowest BCUT2D eigenvalue weighted by Crippen LogP contribution is -2.60. The summed E-state index contributed by atoms with van der Waals surface area (Å²) in [5, 5.41) is 9.50. The average molecular weight is 288 g/mol. The van der Waals surface area contributed by atoms with E-state index in [9.17, 15) is 23.5 Å². The molecule has 0 heterocycles. The topological polar surface area (TPSA) is 63.6 Å². The summed E-state index contributed by atoms with van der Waals surface area (Å²) in [5.74, 6) is -5.59. The molecule has 4 aliphatic carbocycles. The quantitative estimate of drug-likeness (QED) is 0.811. The molecule has 4 aliphatic rings. The van der Waals surface area contributed by atoms with Crippen molar-refractivity contribution in [3.05, 3.63) is 0 Å². The fraction of sp³-hybridized carbons (Fsp3) is 0.857. The monoisotopic (exact) mass is 288 g/mol. The van der Waals surface area contributed by atoms with E-state index in [0.29, 0.717) is 32.6 Å². The van der Waals surface area contributed by atoms with Crippen molar-refractivity contribution >= 4 is 11.9 Å². The van der Waals surface area contributed by atoms with Crippen LogP contribution >= 0.6 is 0 Å². The van der Waals surface area contributed by atoms with Crippen LogP contribution < -0.4 is 0 Å². The maximum absolute atomic E-state index is 13.1. The van der Waals surface area contributed by atoms with Crippen molar-refractivity contribution in [2.45, 2.75) is 57.0 Å². The lowest BCUT2D eigenvalue weighted by Gasteiger charge is -2.59. The number of alkyl halides is 2. The molecular weight excluding hydrogens is 270 g/mol. The summed E-state index contributed by atoms with van der Waals surface area (Å²) in [6.45, 7) is 0.517. The third-order valence-electron chi connectivity index (χ3n) is 5.13. The second-order valence-corrected chi connectivity index (χ2v) is 7.01. The highest BCUT2D eigenvalue weighted by Gasteiger charge is 2.63. The second kappa shape index (κ2) is 3.92. The first-order chi connectivity index (χ1) is 9.14. The Morgan fingerprint density at radius 1 is 1.20 bits per heavy atom. The van der Waals surface area contributed by atoms with E-state index >= 15 is 0 Å². The van der Waals surface area contributed by atoms with Crippen LogP contribution in [0, 0.1) is 17.3 Å². The van der Waals surface area contributed by atoms with Crippen molar-refractivity contribution in [3.63, 3.8) is 0 Å². The molecule has 0 saturated heterocycles. The predicted molar refractivity (Wildman–Crippen MR) is 64.2 cm³/mol. The fourth-order valence-corrected chi connectivity index (χ4v) is 4.83. The summed E-state index contributed by atoms with van der Waals surface area (Å²) < 4.78 is 31.3. The largest absolute Gasteiger partial charge is 0.481 e. The van der Waals surface area contributed by atoms with Crippen LogP contribution in [0.5, 0.6) is 0 Å². The number of esters is 1. The smallest absolute Gasteiger partial charge is 0.377 e. The van der Waals surface area contributed by atoms with Gasteiger partial charge in [-0.1, -0.05) is 0 Å². The summed E-state index contributed by atoms with van der Waals surface area (Å²) in [5.41, 5.74) is -1.87. The number of rotatable bonds is 3. The maximum Gasteiger partial charge on any atom is 0.377 e. The molecule has 4 fully saturated rings. The number of ether oxygens (including phenoxy) is 1. The molecule has 4 nitrogen and oxygen atoms in total. The van der Waals surface area contributed by atoms with E-state index in [-0.39, 0.29) is 18.3 Å². The summed E-state index contributed by atoms with van der Waals surface area (Å²) in [7, 11) is 0. The van der Waals surface area contributed by atoms with Gasteiger partial charge in [0.15, 0.2) is 0 Å². The average Bonchev–Trinajstić information content (AvgIpc) is 2.24. The minimum atomic E-state index is -3.53. The highest BCUT2D eigenvalue weighted by Crippen LogP contribution is 2.63. The zero-order valence-electron chi connectivity index (χ0n) is 11.3. The van der Waals surface area contributed by atoms with Gasteiger partial charge in [-0.05, 0) is 43.9 Å². The van der Waals surface area contributed by atoms with Gasteiger partial charge in [-0.25, -0.2) is 4.79 Å². The van der Waals surface area contributed by atoms with Crippen LogP contribution in [0.1, 0.15) is 45.4 Å². The lowest BCUT2D eigenvalue weighted by molar-refractivity contribution is -0.223. The summed E-state index contributed by atoms with van der Waals surface area (Å²) >= 11 is 0. The second-order valence-electron chi connectivity index (χ2n) is 7.01. The summed E-state index contributed by atoms with van der Waals surface area (Å²) in [6, 6.07) is 0. The fourth-order valence-electron chi connectivity index (χ4n) is 4.83. The van der Waals surface area contributed by atoms with Gasteiger partial charge in [0.25, 0.3) is 0 Å². The van der Waals surface area contributed by atoms with E-state index < -0.39 is 28.9 Å². The molecule has 2 atom stereocenters. The van der Waals surface area contributed by atoms with Gasteiger partial charge in [-0.15, -0.1) is 0 Å². The number of halogens is 2. The molecule has 4 bridgehead atoms. The van der Waals surface area contributed by atoms with Crippen LogP contribution in [0.25, 0.3) is 0 Å². The molecule has 0 aliphatic heterocycles. The molecular formula is C14H18F2O4. The van der Waals surface area contributed by atoms with Gasteiger partial charge in [0.1, 0.15) is 5.60 Å². The number of carboxylic acid groups (broad SMARTS) is 1. The lowest BCUT2D eigenvalue weighted by atomic mass is 9.48. The molecule has 112 valence electrons. The molecule has 0 spiro atoms. The Labute approximate surface area is 115 Å². The van der Waals surface area contributed by atoms with Crippen molar-refractivity contribution in [2.75, 3.05) is 0 Å². The van der Waals surface area contributed by atoms with Gasteiger partial charge in [-0.3, -0.25) is 4.79 Å². The van der Waals surface area contributed by atoms with Crippen molar-refractivity contribution in [1.29, 1.82) is 0 Å². The molecule has 0 radical (unpaired) electrons. The molecule has 20 heavy (non-hydrogen) atoms. The van der Waals surface area contributed by atoms with Gasteiger partial charge in [0, 0.05) is 13.3 Å². The standard InChI is InChI=1S/C14H18F2O4/c1-12(15,16)11(19)20-14-5-8-2-9(6-14)4-13(3-8,7-14)10(17)18/h8-9H,2-7H2,1H3,(H,17,18). The molecule has 0 amide bonds. The van der Waals surface area contributed by atoms with Gasteiger partial charge < -0.3 is 9.84 Å². The van der Waals surface area contributed by atoms with Crippen molar-refractivity contribution < 1.29 is 28.2 Å². The number of carbonyl (C=O) groups excluding carboxylic acids is 1. The first-order valence-corrected chi connectivity index (χ1v) is 6.99. The number of aliphatic carboxylic acids is 1. The number of hydrogen-bond acceptors (Lipinski definition) is 3. The van der Waals surface area contributed by atoms with Gasteiger partial charge >= 0.3 is 17.9 Å². The minimum Gasteiger partial charge on any atom is -0.481 e. The molecule has 0 aromatic heterocycles. The summed E-state index contributed by atoms with van der Waals surface area (Å²) in [4.78, 5) is 23.1. The van der Waals surface area contributed by atoms with Crippen LogP contribution in [0.2, 0.25) is 0 Å². The van der Waals surface area contributed by atoms with Crippen LogP contribution in [0.15, 0.2) is 0 Å². The van der Waals surface area contributed by atoms with Gasteiger partial charge in [0.05, 0.1) is 5.41 Å². The Bertz CT molecular complexity index is 454. The van der Waals surface area contributed by atoms with E-state index in [1.54, 1.807) is 0 Å². The Hall–Kier alpha value is -1.20. The Morgan fingerprint density at radius 2 is 1.75 bits per heavy atom. The van der Waals surface area contributed by atoms with E-state index in [1.807, 2.05) is 0 Å². The van der Waals surface area contributed by atoms with Crippen LogP contribution in [-0.4, -0.2) is 28.6 Å². The molecule has 4 rings (SSSR count). The number of carbonyl (C=O) groups is 2. The normalized spacial score (nSPS) is 42.5. The molecule has 4 saturated carbocycles. The SMILES string of the molecule is CC(F)(F)C(=O)OC12CC3CC(C1)CC(C(=O)O)(C3)C2. The Balaban J connectivity index is 1.87. The highest BCUT2D eigenvalue weighted by molar-refractivity contribution is 5.78. The third-order valence-corrected chi connectivity index (χ3v) is 5.13. The van der Waals surface area contributed by atoms with Crippen LogP contribution in [0.4, 0.5) is 8.78 Å². The first-order valence-electron chi connectivity index (χ1n) is 6.99. The number of carboxylic acids is 1. The molecule has 6 heteroatoms. The van der Waals surface area contributed by atoms with Crippen LogP contribution in [0.3, 0.4) is 0 Å². The highest BCUT2D eigenvalue weighted by atomic mass is 19.3. The number of hydrogen-bond donors (Lipinski definition) is 1. The molecule has 0 aromatic carbocycles. The third kappa shape index (κ3) is 2.00. The van der Waals surface area contributed by atoms with E-state index in [4.69, 9.17) is 4.74 Å². The Morgan fingerprint density at radius 3 is 2.20 bits per heavy atom. The summed E-state index contributed by atoms with van der Waals surface area (Å²) in [6.07, 6.45) is 3.34. The van der Waals surface area contributed by atoms with Crippen molar-refractivity contribution in [3.8, 4) is 0 Å². The van der Waals surface area contributed by atoms with Crippen molar-refractivity contribution in [2.24, 2.45) is 17.3 Å². The zero-order valence-corrected chi connectivity index (χ0v) is 11.3. The Kier molecular flexibility index (Phi) is 2.70.